The fraction of sp³-hybridized carbons (Fsp3) is 0.667. The second kappa shape index (κ2) is 7.92. The molecule has 2 unspecified atom stereocenters. The zero-order chi connectivity index (χ0) is 15.1. The highest BCUT2D eigenvalue weighted by atomic mass is 16.5. The average Bonchev–Trinajstić information content (AvgIpc) is 2.93. The van der Waals surface area contributed by atoms with E-state index in [1.807, 2.05) is 7.11 Å². The number of likely N-dealkylation sites (tertiary alicyclic amines) is 1. The van der Waals surface area contributed by atoms with Crippen LogP contribution in [0.1, 0.15) is 25.8 Å². The Labute approximate surface area is 129 Å². The molecule has 0 spiro atoms. The van der Waals surface area contributed by atoms with Gasteiger partial charge in [-0.25, -0.2) is 0 Å². The van der Waals surface area contributed by atoms with Crippen molar-refractivity contribution >= 4 is 0 Å². The normalized spacial score (nSPS) is 22.3. The maximum Gasteiger partial charge on any atom is 0.0503 e. The fourth-order valence-electron chi connectivity index (χ4n) is 3.41. The molecule has 1 aliphatic rings. The van der Waals surface area contributed by atoms with Crippen LogP contribution in [0.5, 0.6) is 0 Å². The summed E-state index contributed by atoms with van der Waals surface area (Å²) in [7, 11) is 1.81. The van der Waals surface area contributed by atoms with Gasteiger partial charge in [-0.2, -0.15) is 0 Å². The van der Waals surface area contributed by atoms with Crippen molar-refractivity contribution in [2.45, 2.75) is 25.7 Å². The maximum atomic E-state index is 5.31. The van der Waals surface area contributed by atoms with Gasteiger partial charge in [0, 0.05) is 32.2 Å². The Kier molecular flexibility index (Phi) is 6.22. The van der Waals surface area contributed by atoms with Crippen molar-refractivity contribution in [3.05, 3.63) is 35.9 Å². The van der Waals surface area contributed by atoms with E-state index >= 15 is 0 Å². The molecule has 0 bridgehead atoms. The van der Waals surface area contributed by atoms with E-state index in [1.165, 1.54) is 25.1 Å². The van der Waals surface area contributed by atoms with Crippen molar-refractivity contribution in [1.82, 2.24) is 10.2 Å². The summed E-state index contributed by atoms with van der Waals surface area (Å²) in [5.74, 6) is 0.703. The third-order valence-corrected chi connectivity index (χ3v) is 4.58. The number of nitrogens with zero attached hydrogens (tertiary/aromatic N) is 1. The first-order valence-electron chi connectivity index (χ1n) is 8.15. The van der Waals surface area contributed by atoms with Crippen LogP contribution < -0.4 is 5.32 Å². The molecule has 2 rings (SSSR count). The molecule has 0 amide bonds. The summed E-state index contributed by atoms with van der Waals surface area (Å²) in [5, 5.41) is 3.55. The molecule has 21 heavy (non-hydrogen) atoms. The van der Waals surface area contributed by atoms with Gasteiger partial charge in [-0.1, -0.05) is 44.2 Å². The lowest BCUT2D eigenvalue weighted by Crippen LogP contribution is -2.45. The maximum absolute atomic E-state index is 5.31. The van der Waals surface area contributed by atoms with Gasteiger partial charge < -0.3 is 15.0 Å². The zero-order valence-electron chi connectivity index (χ0n) is 13.8. The number of likely N-dealkylation sites (N-methyl/N-ethyl adjacent to an activating group) is 1. The topological polar surface area (TPSA) is 24.5 Å². The average molecular weight is 290 g/mol. The van der Waals surface area contributed by atoms with Crippen molar-refractivity contribution in [1.29, 1.82) is 0 Å². The molecule has 1 heterocycles. The summed E-state index contributed by atoms with van der Waals surface area (Å²) in [6.07, 6.45) is 1.26. The Morgan fingerprint density at radius 2 is 2.10 bits per heavy atom. The zero-order valence-corrected chi connectivity index (χ0v) is 13.8. The van der Waals surface area contributed by atoms with Crippen LogP contribution in [0.2, 0.25) is 0 Å². The molecule has 1 aromatic rings. The standard InChI is InChI=1S/C18H30N2O/c1-4-19-14-18(2,17-8-6-5-7-9-17)15-20-11-10-16(12-20)13-21-3/h5-9,16,19H,4,10-15H2,1-3H3. The van der Waals surface area contributed by atoms with Crippen molar-refractivity contribution in [2.75, 3.05) is 46.4 Å². The Bertz CT molecular complexity index is 409. The van der Waals surface area contributed by atoms with Crippen molar-refractivity contribution in [2.24, 2.45) is 5.92 Å². The van der Waals surface area contributed by atoms with Gasteiger partial charge >= 0.3 is 0 Å². The van der Waals surface area contributed by atoms with Crippen LogP contribution in [0.15, 0.2) is 30.3 Å². The minimum Gasteiger partial charge on any atom is -0.384 e. The summed E-state index contributed by atoms with van der Waals surface area (Å²) in [6, 6.07) is 10.9. The van der Waals surface area contributed by atoms with Gasteiger partial charge in [-0.3, -0.25) is 0 Å². The molecule has 3 heteroatoms. The Balaban J connectivity index is 2.03. The van der Waals surface area contributed by atoms with Crippen LogP contribution in [0.25, 0.3) is 0 Å². The summed E-state index contributed by atoms with van der Waals surface area (Å²) in [6.45, 7) is 11.0. The number of rotatable bonds is 8. The molecule has 2 atom stereocenters. The Morgan fingerprint density at radius 3 is 2.76 bits per heavy atom. The second-order valence-electron chi connectivity index (χ2n) is 6.55. The van der Waals surface area contributed by atoms with Gasteiger partial charge in [-0.15, -0.1) is 0 Å². The summed E-state index contributed by atoms with van der Waals surface area (Å²) in [5.41, 5.74) is 1.60. The highest BCUT2D eigenvalue weighted by Crippen LogP contribution is 2.27. The number of hydrogen-bond donors (Lipinski definition) is 1. The highest BCUT2D eigenvalue weighted by molar-refractivity contribution is 5.25. The van der Waals surface area contributed by atoms with Crippen molar-refractivity contribution < 1.29 is 4.74 Å². The van der Waals surface area contributed by atoms with Gasteiger partial charge in [0.25, 0.3) is 0 Å². The van der Waals surface area contributed by atoms with Crippen molar-refractivity contribution in [3.8, 4) is 0 Å². The molecule has 1 saturated heterocycles. The highest BCUT2D eigenvalue weighted by Gasteiger charge is 2.32. The molecule has 1 fully saturated rings. The van der Waals surface area contributed by atoms with Gasteiger partial charge in [0.15, 0.2) is 0 Å². The van der Waals surface area contributed by atoms with E-state index < -0.39 is 0 Å². The molecule has 3 nitrogen and oxygen atoms in total. The number of benzene rings is 1. The third kappa shape index (κ3) is 4.53. The van der Waals surface area contributed by atoms with E-state index in [0.717, 1.165) is 26.2 Å². The van der Waals surface area contributed by atoms with Crippen LogP contribution in [0, 0.1) is 5.92 Å². The van der Waals surface area contributed by atoms with E-state index in [4.69, 9.17) is 4.74 Å². The molecular formula is C18H30N2O. The molecule has 118 valence electrons. The second-order valence-corrected chi connectivity index (χ2v) is 6.55. The molecule has 0 saturated carbocycles. The van der Waals surface area contributed by atoms with E-state index in [2.05, 4.69) is 54.4 Å². The minimum atomic E-state index is 0.166. The largest absolute Gasteiger partial charge is 0.384 e. The van der Waals surface area contributed by atoms with Crippen LogP contribution >= 0.6 is 0 Å². The molecule has 0 aromatic heterocycles. The van der Waals surface area contributed by atoms with Crippen LogP contribution in [0.3, 0.4) is 0 Å². The van der Waals surface area contributed by atoms with Crippen LogP contribution in [-0.4, -0.2) is 51.3 Å². The van der Waals surface area contributed by atoms with Gasteiger partial charge in [0.1, 0.15) is 0 Å². The van der Waals surface area contributed by atoms with E-state index in [9.17, 15) is 0 Å². The number of ether oxygens (including phenoxy) is 1. The van der Waals surface area contributed by atoms with Gasteiger partial charge in [-0.05, 0) is 31.0 Å². The van der Waals surface area contributed by atoms with E-state index in [0.29, 0.717) is 5.92 Å². The molecular weight excluding hydrogens is 260 g/mol. The molecule has 1 aliphatic heterocycles. The molecule has 0 radical (unpaired) electrons. The molecule has 1 aromatic carbocycles. The first-order chi connectivity index (χ1) is 10.2. The third-order valence-electron chi connectivity index (χ3n) is 4.58. The predicted molar refractivity (Wildman–Crippen MR) is 88.8 cm³/mol. The van der Waals surface area contributed by atoms with E-state index in [1.54, 1.807) is 0 Å². The number of nitrogens with one attached hydrogen (secondary N) is 1. The fourth-order valence-corrected chi connectivity index (χ4v) is 3.41. The number of methoxy groups -OCH3 is 1. The van der Waals surface area contributed by atoms with Gasteiger partial charge in [0.05, 0.1) is 6.61 Å². The van der Waals surface area contributed by atoms with Crippen molar-refractivity contribution in [3.63, 3.8) is 0 Å². The molecule has 0 aliphatic carbocycles. The summed E-state index contributed by atoms with van der Waals surface area (Å²) in [4.78, 5) is 2.61. The molecule has 1 N–H and O–H groups in total. The van der Waals surface area contributed by atoms with E-state index in [-0.39, 0.29) is 5.41 Å². The van der Waals surface area contributed by atoms with Crippen LogP contribution in [-0.2, 0) is 10.2 Å². The monoisotopic (exact) mass is 290 g/mol. The summed E-state index contributed by atoms with van der Waals surface area (Å²) >= 11 is 0. The smallest absolute Gasteiger partial charge is 0.0503 e. The lowest BCUT2D eigenvalue weighted by molar-refractivity contribution is 0.149. The van der Waals surface area contributed by atoms with Gasteiger partial charge in [0.2, 0.25) is 0 Å². The first kappa shape index (κ1) is 16.5. The minimum absolute atomic E-state index is 0.166. The Hall–Kier alpha value is -0.900. The quantitative estimate of drug-likeness (QED) is 0.796. The van der Waals surface area contributed by atoms with Crippen LogP contribution in [0.4, 0.5) is 0 Å². The predicted octanol–water partition coefficient (Wildman–Crippen LogP) is 2.52. The lowest BCUT2D eigenvalue weighted by Gasteiger charge is -2.35. The Morgan fingerprint density at radius 1 is 1.33 bits per heavy atom. The summed E-state index contributed by atoms with van der Waals surface area (Å²) < 4.78 is 5.31. The number of hydrogen-bond acceptors (Lipinski definition) is 3. The first-order valence-corrected chi connectivity index (χ1v) is 8.15. The lowest BCUT2D eigenvalue weighted by atomic mass is 9.81. The SMILES string of the molecule is CCNCC(C)(CN1CCC(COC)C1)c1ccccc1.